The molecule has 1 aromatic heterocycles. The predicted octanol–water partition coefficient (Wildman–Crippen LogP) is 4.71. The van der Waals surface area contributed by atoms with E-state index in [4.69, 9.17) is 32.7 Å². The van der Waals surface area contributed by atoms with Crippen LogP contribution in [0.4, 0.5) is 0 Å². The third-order valence-corrected chi connectivity index (χ3v) is 7.05. The van der Waals surface area contributed by atoms with Gasteiger partial charge in [0.15, 0.2) is 0 Å². The van der Waals surface area contributed by atoms with Crippen molar-refractivity contribution in [2.75, 3.05) is 0 Å². The average molecular weight is 440 g/mol. The van der Waals surface area contributed by atoms with Gasteiger partial charge in [-0.3, -0.25) is 0 Å². The van der Waals surface area contributed by atoms with Crippen molar-refractivity contribution < 1.29 is 9.47 Å². The van der Waals surface area contributed by atoms with Gasteiger partial charge in [-0.15, -0.1) is 0 Å². The summed E-state index contributed by atoms with van der Waals surface area (Å²) in [4.78, 5) is 0. The zero-order chi connectivity index (χ0) is 17.6. The van der Waals surface area contributed by atoms with Gasteiger partial charge in [0, 0.05) is 0 Å². The van der Waals surface area contributed by atoms with E-state index >= 15 is 0 Å². The van der Waals surface area contributed by atoms with E-state index in [0.717, 1.165) is 22.6 Å². The zero-order valence-electron chi connectivity index (χ0n) is 13.5. The van der Waals surface area contributed by atoms with E-state index in [1.807, 2.05) is 44.2 Å². The monoisotopic (exact) mass is 440 g/mol. The Morgan fingerprint density at radius 3 is 2.88 bits per heavy atom. The summed E-state index contributed by atoms with van der Waals surface area (Å²) < 4.78 is 17.5. The van der Waals surface area contributed by atoms with Crippen molar-refractivity contribution in [3.05, 3.63) is 56.4 Å². The van der Waals surface area contributed by atoms with E-state index in [-0.39, 0.29) is 14.7 Å². The number of aromatic nitrogens is 2. The number of benzene rings is 2. The summed E-state index contributed by atoms with van der Waals surface area (Å²) in [6, 6.07) is 11.3. The van der Waals surface area contributed by atoms with E-state index in [2.05, 4.69) is 9.19 Å². The van der Waals surface area contributed by atoms with E-state index in [1.165, 1.54) is 4.44 Å². The van der Waals surface area contributed by atoms with Gasteiger partial charge in [-0.1, -0.05) is 0 Å². The van der Waals surface area contributed by atoms with E-state index in [9.17, 15) is 0 Å². The number of nitrogens with zero attached hydrogens (tertiary/aromatic N) is 2. The Bertz CT molecular complexity index is 956. The summed E-state index contributed by atoms with van der Waals surface area (Å²) in [6.07, 6.45) is 0. The molecule has 2 heterocycles. The number of hydrogen-bond donors (Lipinski definition) is 0. The first kappa shape index (κ1) is 16.9. The van der Waals surface area contributed by atoms with Crippen molar-refractivity contribution in [1.82, 2.24) is 9.19 Å². The van der Waals surface area contributed by atoms with Crippen molar-refractivity contribution >= 4 is 37.9 Å². The minimum atomic E-state index is -0.402. The Morgan fingerprint density at radius 1 is 1.20 bits per heavy atom. The molecule has 0 amide bonds. The molecular formula is C18H14Cl2N2O2Se. The van der Waals surface area contributed by atoms with Crippen LogP contribution in [0, 0.1) is 0 Å². The quantitative estimate of drug-likeness (QED) is 0.554. The molecule has 0 atom stereocenters. The molecule has 7 heteroatoms. The molecule has 2 aromatic carbocycles. The van der Waals surface area contributed by atoms with Gasteiger partial charge in [0.05, 0.1) is 0 Å². The van der Waals surface area contributed by atoms with Crippen LogP contribution >= 0.6 is 23.2 Å². The maximum atomic E-state index is 6.21. The molecule has 0 saturated heterocycles. The van der Waals surface area contributed by atoms with Gasteiger partial charge in [0.25, 0.3) is 0 Å². The van der Waals surface area contributed by atoms with Gasteiger partial charge < -0.3 is 0 Å². The molecule has 4 rings (SSSR count). The third-order valence-electron chi connectivity index (χ3n) is 4.03. The molecule has 0 fully saturated rings. The molecule has 0 radical (unpaired) electrons. The van der Waals surface area contributed by atoms with Gasteiger partial charge in [-0.05, 0) is 0 Å². The first-order valence-corrected chi connectivity index (χ1v) is 10.1. The van der Waals surface area contributed by atoms with Crippen LogP contribution in [-0.2, 0) is 12.2 Å². The Labute approximate surface area is 161 Å². The van der Waals surface area contributed by atoms with Crippen LogP contribution in [0.2, 0.25) is 10.0 Å². The van der Waals surface area contributed by atoms with Crippen molar-refractivity contribution in [3.63, 3.8) is 0 Å². The topological polar surface area (TPSA) is 44.2 Å². The molecule has 3 aromatic rings. The molecule has 128 valence electrons. The second-order valence-corrected chi connectivity index (χ2v) is 8.59. The number of fused-ring (bicyclic) bond motifs is 3. The molecule has 4 nitrogen and oxygen atoms in total. The molecule has 0 saturated carbocycles. The van der Waals surface area contributed by atoms with Crippen molar-refractivity contribution in [2.24, 2.45) is 0 Å². The van der Waals surface area contributed by atoms with E-state index in [0.29, 0.717) is 22.4 Å². The van der Waals surface area contributed by atoms with E-state index < -0.39 is 5.60 Å². The summed E-state index contributed by atoms with van der Waals surface area (Å²) in [5, 5.41) is 5.35. The molecular weight excluding hydrogens is 426 g/mol. The first-order valence-electron chi connectivity index (χ1n) is 7.67. The molecule has 0 N–H and O–H groups in total. The van der Waals surface area contributed by atoms with Gasteiger partial charge in [-0.25, -0.2) is 0 Å². The number of hydrogen-bond acceptors (Lipinski definition) is 4. The van der Waals surface area contributed by atoms with Crippen LogP contribution in [0.25, 0.3) is 11.3 Å². The molecule has 0 spiro atoms. The van der Waals surface area contributed by atoms with Crippen molar-refractivity contribution in [2.45, 2.75) is 26.1 Å². The molecule has 0 bridgehead atoms. The normalized spacial score (nSPS) is 14.4. The predicted molar refractivity (Wildman–Crippen MR) is 98.9 cm³/mol. The second kappa shape index (κ2) is 6.33. The van der Waals surface area contributed by atoms with Crippen LogP contribution in [0.1, 0.15) is 23.8 Å². The van der Waals surface area contributed by atoms with Crippen LogP contribution in [0.5, 0.6) is 11.5 Å². The third kappa shape index (κ3) is 3.06. The average Bonchev–Trinajstić information content (AvgIpc) is 3.07. The molecule has 0 unspecified atom stereocenters. The van der Waals surface area contributed by atoms with Crippen LogP contribution in [-0.4, -0.2) is 23.9 Å². The summed E-state index contributed by atoms with van der Waals surface area (Å²) in [6.45, 7) is 4.42. The maximum absolute atomic E-state index is 6.21. The summed E-state index contributed by atoms with van der Waals surface area (Å²) in [5.41, 5.74) is 2.34. The van der Waals surface area contributed by atoms with Gasteiger partial charge in [0.2, 0.25) is 0 Å². The van der Waals surface area contributed by atoms with Crippen molar-refractivity contribution in [1.29, 1.82) is 0 Å². The Morgan fingerprint density at radius 2 is 2.04 bits per heavy atom. The number of ether oxygens (including phenoxy) is 2. The molecule has 25 heavy (non-hydrogen) atoms. The van der Waals surface area contributed by atoms with Gasteiger partial charge in [-0.2, -0.15) is 0 Å². The van der Waals surface area contributed by atoms with Crippen LogP contribution in [0.15, 0.2) is 36.4 Å². The number of rotatable bonds is 3. The Hall–Kier alpha value is -1.52. The van der Waals surface area contributed by atoms with E-state index in [1.54, 1.807) is 6.07 Å². The second-order valence-electron chi connectivity index (χ2n) is 6.22. The van der Waals surface area contributed by atoms with Crippen LogP contribution < -0.4 is 9.47 Å². The Balaban J connectivity index is 1.62. The van der Waals surface area contributed by atoms with Gasteiger partial charge in [0.1, 0.15) is 0 Å². The van der Waals surface area contributed by atoms with Crippen molar-refractivity contribution in [3.8, 4) is 22.8 Å². The fourth-order valence-electron chi connectivity index (χ4n) is 2.78. The minimum absolute atomic E-state index is 0.00895. The van der Waals surface area contributed by atoms with Crippen LogP contribution in [0.3, 0.4) is 0 Å². The number of halogens is 2. The first-order chi connectivity index (χ1) is 12.0. The SMILES string of the molecule is CC1(C)Oc2cc(OCc3cccc(Cl)c3Cl)ccc2-c2nn[se]c21. The molecule has 0 aliphatic carbocycles. The summed E-state index contributed by atoms with van der Waals surface area (Å²) in [5.74, 6) is 1.46. The fraction of sp³-hybridized carbons (Fsp3) is 0.222. The molecule has 1 aliphatic rings. The van der Waals surface area contributed by atoms with Gasteiger partial charge >= 0.3 is 162 Å². The molecule has 1 aliphatic heterocycles. The summed E-state index contributed by atoms with van der Waals surface area (Å²) >= 11 is 12.3. The zero-order valence-corrected chi connectivity index (χ0v) is 16.8. The summed E-state index contributed by atoms with van der Waals surface area (Å²) in [7, 11) is 0. The fourth-order valence-corrected chi connectivity index (χ4v) is 4.63. The standard InChI is InChI=1S/C18H14Cl2N2O2Se/c1-18(2)17-16(21-22-25-17)12-7-6-11(8-14(12)24-18)23-9-10-4-3-5-13(19)15(10)20/h3-8H,9H2,1-2H3. The Kier molecular flexibility index (Phi) is 4.28.